The van der Waals surface area contributed by atoms with Crippen LogP contribution in [-0.4, -0.2) is 65.1 Å². The van der Waals surface area contributed by atoms with Gasteiger partial charge in [-0.3, -0.25) is 4.79 Å². The van der Waals surface area contributed by atoms with Gasteiger partial charge in [0.15, 0.2) is 6.29 Å². The van der Waals surface area contributed by atoms with Crippen LogP contribution in [0.1, 0.15) is 67.7 Å². The highest BCUT2D eigenvalue weighted by Gasteiger charge is 2.44. The maximum absolute atomic E-state index is 11.6. The third kappa shape index (κ3) is 8.03. The fourth-order valence-corrected chi connectivity index (χ4v) is 2.86. The summed E-state index contributed by atoms with van der Waals surface area (Å²) >= 11 is 0. The molecule has 0 aromatic heterocycles. The van der Waals surface area contributed by atoms with E-state index in [9.17, 15) is 15.0 Å². The number of carbonyl (C=O) groups excluding carboxylic acids is 1. The van der Waals surface area contributed by atoms with Crippen molar-refractivity contribution in [1.82, 2.24) is 5.32 Å². The largest absolute Gasteiger partial charge is 0.387 e. The Morgan fingerprint density at radius 2 is 1.74 bits per heavy atom. The van der Waals surface area contributed by atoms with Crippen LogP contribution >= 0.6 is 0 Å². The van der Waals surface area contributed by atoms with Crippen molar-refractivity contribution in [2.24, 2.45) is 5.92 Å². The molecular weight excluding hydrogens is 350 g/mol. The molecule has 0 bridgehead atoms. The number of amides is 1. The van der Waals surface area contributed by atoms with E-state index in [1.807, 2.05) is 48.5 Å². The number of aliphatic hydroxyl groups is 2. The Hall–Kier alpha value is -0.730. The number of hydrogen-bond donors (Lipinski definition) is 3. The Bertz CT molecular complexity index is 465. The van der Waals surface area contributed by atoms with E-state index in [1.165, 1.54) is 0 Å². The van der Waals surface area contributed by atoms with E-state index >= 15 is 0 Å². The van der Waals surface area contributed by atoms with E-state index in [0.29, 0.717) is 32.4 Å². The predicted octanol–water partition coefficient (Wildman–Crippen LogP) is 1.99. The molecule has 1 aliphatic rings. The third-order valence-electron chi connectivity index (χ3n) is 4.90. The van der Waals surface area contributed by atoms with Crippen molar-refractivity contribution in [3.8, 4) is 0 Å². The quantitative estimate of drug-likeness (QED) is 0.500. The summed E-state index contributed by atoms with van der Waals surface area (Å²) < 4.78 is 17.5. The SMILES string of the molecule is CCC1O[C@H](OC(C)(C)CCOC(C)(C)CCNC(=O)C(C)C)C(O)C1O. The summed E-state index contributed by atoms with van der Waals surface area (Å²) in [6.07, 6.45) is -1.28. The van der Waals surface area contributed by atoms with E-state index < -0.39 is 30.2 Å². The number of ether oxygens (including phenoxy) is 3. The number of aliphatic hydroxyl groups excluding tert-OH is 2. The second kappa shape index (κ2) is 10.2. The molecule has 1 fully saturated rings. The first-order valence-corrected chi connectivity index (χ1v) is 9.99. The van der Waals surface area contributed by atoms with Crippen LogP contribution in [0.2, 0.25) is 0 Å². The number of carbonyl (C=O) groups is 1. The average Bonchev–Trinajstić information content (AvgIpc) is 2.81. The molecule has 1 saturated heterocycles. The number of nitrogens with one attached hydrogen (secondary N) is 1. The smallest absolute Gasteiger partial charge is 0.222 e. The zero-order valence-electron chi connectivity index (χ0n) is 17.9. The zero-order valence-corrected chi connectivity index (χ0v) is 17.9. The molecule has 160 valence electrons. The summed E-state index contributed by atoms with van der Waals surface area (Å²) in [5, 5.41) is 22.9. The van der Waals surface area contributed by atoms with Crippen molar-refractivity contribution in [2.45, 2.75) is 104 Å². The summed E-state index contributed by atoms with van der Waals surface area (Å²) in [6.45, 7) is 14.5. The fourth-order valence-electron chi connectivity index (χ4n) is 2.86. The van der Waals surface area contributed by atoms with Crippen LogP contribution in [0.3, 0.4) is 0 Å². The van der Waals surface area contributed by atoms with Crippen LogP contribution in [0.5, 0.6) is 0 Å². The Morgan fingerprint density at radius 3 is 2.26 bits per heavy atom. The van der Waals surface area contributed by atoms with Gasteiger partial charge in [0.1, 0.15) is 12.2 Å². The first-order valence-electron chi connectivity index (χ1n) is 9.99. The zero-order chi connectivity index (χ0) is 20.8. The maximum atomic E-state index is 11.6. The standard InChI is InChI=1S/C20H39NO6/c1-8-14-15(22)16(23)18(26-14)27-20(6,7)10-12-25-19(4,5)9-11-21-17(24)13(2)3/h13-16,18,22-23H,8-12H2,1-7H3,(H,21,24)/t14?,15?,16?,18-/m1/s1. The third-order valence-corrected chi connectivity index (χ3v) is 4.90. The second-order valence-electron chi connectivity index (χ2n) is 8.86. The van der Waals surface area contributed by atoms with E-state index in [1.54, 1.807) is 0 Å². The molecule has 0 aliphatic carbocycles. The lowest BCUT2D eigenvalue weighted by atomic mass is 10.0. The summed E-state index contributed by atoms with van der Waals surface area (Å²) in [5.41, 5.74) is -0.941. The molecule has 3 N–H and O–H groups in total. The lowest BCUT2D eigenvalue weighted by Crippen LogP contribution is -2.40. The lowest BCUT2D eigenvalue weighted by Gasteiger charge is -2.32. The van der Waals surface area contributed by atoms with Gasteiger partial charge in [-0.2, -0.15) is 0 Å². The van der Waals surface area contributed by atoms with Crippen molar-refractivity contribution in [3.05, 3.63) is 0 Å². The van der Waals surface area contributed by atoms with Gasteiger partial charge in [-0.1, -0.05) is 20.8 Å². The van der Waals surface area contributed by atoms with Gasteiger partial charge in [-0.15, -0.1) is 0 Å². The Balaban J connectivity index is 2.37. The molecule has 0 aromatic carbocycles. The molecule has 1 rings (SSSR count). The van der Waals surface area contributed by atoms with Crippen molar-refractivity contribution in [2.75, 3.05) is 13.2 Å². The first-order chi connectivity index (χ1) is 12.4. The summed E-state index contributed by atoms with van der Waals surface area (Å²) in [7, 11) is 0. The molecular formula is C20H39NO6. The van der Waals surface area contributed by atoms with Crippen LogP contribution < -0.4 is 5.32 Å². The van der Waals surface area contributed by atoms with Crippen LogP contribution in [0.4, 0.5) is 0 Å². The van der Waals surface area contributed by atoms with Gasteiger partial charge in [0, 0.05) is 12.5 Å². The minimum atomic E-state index is -1.05. The Kier molecular flexibility index (Phi) is 9.15. The van der Waals surface area contributed by atoms with Gasteiger partial charge in [-0.05, 0) is 47.0 Å². The van der Waals surface area contributed by atoms with Gasteiger partial charge in [0.25, 0.3) is 0 Å². The maximum Gasteiger partial charge on any atom is 0.222 e. The highest BCUT2D eigenvalue weighted by molar-refractivity contribution is 5.77. The predicted molar refractivity (Wildman–Crippen MR) is 103 cm³/mol. The highest BCUT2D eigenvalue weighted by Crippen LogP contribution is 2.29. The minimum absolute atomic E-state index is 0.0223. The molecule has 3 unspecified atom stereocenters. The molecule has 1 amide bonds. The van der Waals surface area contributed by atoms with Gasteiger partial charge in [0.2, 0.25) is 5.91 Å². The summed E-state index contributed by atoms with van der Waals surface area (Å²) in [6, 6.07) is 0. The molecule has 7 heteroatoms. The number of rotatable bonds is 11. The van der Waals surface area contributed by atoms with Gasteiger partial charge in [0.05, 0.1) is 23.9 Å². The van der Waals surface area contributed by atoms with Crippen molar-refractivity contribution in [1.29, 1.82) is 0 Å². The molecule has 1 heterocycles. The van der Waals surface area contributed by atoms with Crippen LogP contribution in [0.15, 0.2) is 0 Å². The molecule has 4 atom stereocenters. The molecule has 1 aliphatic heterocycles. The monoisotopic (exact) mass is 389 g/mol. The van der Waals surface area contributed by atoms with Crippen molar-refractivity contribution < 1.29 is 29.2 Å². The number of hydrogen-bond acceptors (Lipinski definition) is 6. The van der Waals surface area contributed by atoms with Gasteiger partial charge < -0.3 is 29.7 Å². The summed E-state index contributed by atoms with van der Waals surface area (Å²) in [5.74, 6) is 0.0222. The first kappa shape index (κ1) is 24.3. The molecule has 0 saturated carbocycles. The van der Waals surface area contributed by atoms with Crippen LogP contribution in [-0.2, 0) is 19.0 Å². The van der Waals surface area contributed by atoms with Crippen LogP contribution in [0, 0.1) is 5.92 Å². The summed E-state index contributed by atoms with van der Waals surface area (Å²) in [4.78, 5) is 11.6. The van der Waals surface area contributed by atoms with E-state index in [0.717, 1.165) is 0 Å². The van der Waals surface area contributed by atoms with E-state index in [4.69, 9.17) is 14.2 Å². The average molecular weight is 390 g/mol. The fraction of sp³-hybridized carbons (Fsp3) is 0.950. The van der Waals surface area contributed by atoms with Crippen molar-refractivity contribution in [3.63, 3.8) is 0 Å². The Morgan fingerprint density at radius 1 is 1.11 bits per heavy atom. The Labute approximate surface area is 163 Å². The van der Waals surface area contributed by atoms with Crippen LogP contribution in [0.25, 0.3) is 0 Å². The second-order valence-corrected chi connectivity index (χ2v) is 8.86. The minimum Gasteiger partial charge on any atom is -0.387 e. The van der Waals surface area contributed by atoms with Gasteiger partial charge in [-0.25, -0.2) is 0 Å². The van der Waals surface area contributed by atoms with E-state index in [2.05, 4.69) is 5.32 Å². The normalized spacial score (nSPS) is 26.6. The molecule has 0 spiro atoms. The molecule has 0 aromatic rings. The molecule has 0 radical (unpaired) electrons. The lowest BCUT2D eigenvalue weighted by molar-refractivity contribution is -0.223. The molecule has 27 heavy (non-hydrogen) atoms. The van der Waals surface area contributed by atoms with Crippen molar-refractivity contribution >= 4 is 5.91 Å². The highest BCUT2D eigenvalue weighted by atomic mass is 16.7. The topological polar surface area (TPSA) is 97.2 Å². The van der Waals surface area contributed by atoms with E-state index in [-0.39, 0.29) is 17.4 Å². The van der Waals surface area contributed by atoms with Gasteiger partial charge >= 0.3 is 0 Å². The molecule has 7 nitrogen and oxygen atoms in total.